The molecule has 0 aliphatic heterocycles. The van der Waals surface area contributed by atoms with Crippen molar-refractivity contribution < 1.29 is 0 Å². The fourth-order valence-electron chi connectivity index (χ4n) is 0.661. The van der Waals surface area contributed by atoms with Gasteiger partial charge < -0.3 is 16.4 Å². The van der Waals surface area contributed by atoms with Gasteiger partial charge in [0.15, 0.2) is 0 Å². The third kappa shape index (κ3) is 12.3. The molecule has 0 aromatic carbocycles. The lowest BCUT2D eigenvalue weighted by atomic mass is 10.4. The van der Waals surface area contributed by atoms with E-state index in [1.54, 1.807) is 0 Å². The van der Waals surface area contributed by atoms with E-state index in [-0.39, 0.29) is 0 Å². The number of nitrogens with two attached hydrogens (primary N) is 1. The van der Waals surface area contributed by atoms with Crippen LogP contribution in [0.2, 0.25) is 0 Å². The molecular formula is C7H16N4S4. The standard InChI is InChI=1S/C7H16N4S4/c8-2-1-3-11-15-7(14)10-5-4-9-6(12)13/h11H,1-5,8H2,(H,10,14)(H2,9,12,13). The van der Waals surface area contributed by atoms with Crippen LogP contribution in [0.5, 0.6) is 0 Å². The van der Waals surface area contributed by atoms with E-state index in [4.69, 9.17) is 30.2 Å². The summed E-state index contributed by atoms with van der Waals surface area (Å²) in [5.74, 6) is 0. The second-order valence-corrected chi connectivity index (χ2v) is 5.31. The minimum Gasteiger partial charge on any atom is -0.369 e. The van der Waals surface area contributed by atoms with Gasteiger partial charge in [0.25, 0.3) is 0 Å². The zero-order chi connectivity index (χ0) is 11.5. The van der Waals surface area contributed by atoms with E-state index in [0.717, 1.165) is 23.8 Å². The summed E-state index contributed by atoms with van der Waals surface area (Å²) in [6.07, 6.45) is 0.949. The van der Waals surface area contributed by atoms with E-state index in [1.165, 1.54) is 11.9 Å². The van der Waals surface area contributed by atoms with Gasteiger partial charge in [-0.15, -0.1) is 12.6 Å². The Kier molecular flexibility index (Phi) is 11.2. The smallest absolute Gasteiger partial charge is 0.148 e. The Bertz CT molecular complexity index is 199. The molecule has 0 unspecified atom stereocenters. The molecule has 4 nitrogen and oxygen atoms in total. The van der Waals surface area contributed by atoms with Crippen molar-refractivity contribution in [3.63, 3.8) is 0 Å². The van der Waals surface area contributed by atoms with Gasteiger partial charge >= 0.3 is 0 Å². The maximum Gasteiger partial charge on any atom is 0.148 e. The highest BCUT2D eigenvalue weighted by atomic mass is 32.2. The van der Waals surface area contributed by atoms with Gasteiger partial charge in [-0.2, -0.15) is 0 Å². The van der Waals surface area contributed by atoms with Crippen LogP contribution >= 0.6 is 49.0 Å². The Morgan fingerprint density at radius 1 is 1.20 bits per heavy atom. The first-order valence-electron chi connectivity index (χ1n) is 4.51. The van der Waals surface area contributed by atoms with Gasteiger partial charge in [-0.3, -0.25) is 4.72 Å². The molecule has 0 spiro atoms. The monoisotopic (exact) mass is 284 g/mol. The van der Waals surface area contributed by atoms with E-state index in [1.807, 2.05) is 0 Å². The lowest BCUT2D eigenvalue weighted by Crippen LogP contribution is -2.31. The van der Waals surface area contributed by atoms with E-state index in [2.05, 4.69) is 28.0 Å². The summed E-state index contributed by atoms with van der Waals surface area (Å²) in [5, 5.41) is 5.96. The molecule has 15 heavy (non-hydrogen) atoms. The van der Waals surface area contributed by atoms with Crippen molar-refractivity contribution >= 4 is 57.7 Å². The molecule has 0 saturated heterocycles. The summed E-state index contributed by atoms with van der Waals surface area (Å²) in [6.45, 7) is 3.00. The zero-order valence-corrected chi connectivity index (χ0v) is 11.6. The SMILES string of the molecule is NCCCNSC(=S)NCCNC(=S)S. The Morgan fingerprint density at radius 3 is 2.47 bits per heavy atom. The fraction of sp³-hybridized carbons (Fsp3) is 0.714. The van der Waals surface area contributed by atoms with Crippen molar-refractivity contribution in [2.75, 3.05) is 26.2 Å². The van der Waals surface area contributed by atoms with Crippen molar-refractivity contribution in [2.24, 2.45) is 5.73 Å². The van der Waals surface area contributed by atoms with Crippen molar-refractivity contribution in [1.29, 1.82) is 0 Å². The van der Waals surface area contributed by atoms with E-state index in [9.17, 15) is 0 Å². The van der Waals surface area contributed by atoms with Crippen LogP contribution in [0.1, 0.15) is 6.42 Å². The molecule has 0 bridgehead atoms. The molecule has 0 rings (SSSR count). The Labute approximate surface area is 111 Å². The van der Waals surface area contributed by atoms with Crippen LogP contribution in [0.3, 0.4) is 0 Å². The maximum absolute atomic E-state index is 5.35. The quantitative estimate of drug-likeness (QED) is 0.199. The molecule has 0 atom stereocenters. The van der Waals surface area contributed by atoms with Crippen molar-refractivity contribution in [3.8, 4) is 0 Å². The second kappa shape index (κ2) is 10.9. The van der Waals surface area contributed by atoms with Crippen LogP contribution in [0.25, 0.3) is 0 Å². The highest BCUT2D eigenvalue weighted by Crippen LogP contribution is 1.94. The predicted octanol–water partition coefficient (Wildman–Crippen LogP) is 0.252. The number of rotatable bonds is 7. The summed E-state index contributed by atoms with van der Waals surface area (Å²) >= 11 is 15.1. The molecule has 0 heterocycles. The summed E-state index contributed by atoms with van der Waals surface area (Å²) in [6, 6.07) is 0. The van der Waals surface area contributed by atoms with Gasteiger partial charge in [-0.05, 0) is 24.9 Å². The molecule has 0 aromatic rings. The number of hydrogen-bond donors (Lipinski definition) is 5. The normalized spacial score (nSPS) is 9.73. The lowest BCUT2D eigenvalue weighted by molar-refractivity contribution is 0.809. The summed E-state index contributed by atoms with van der Waals surface area (Å²) in [5.41, 5.74) is 5.35. The number of hydrogen-bond acceptors (Lipinski definition) is 5. The molecule has 8 heteroatoms. The van der Waals surface area contributed by atoms with E-state index >= 15 is 0 Å². The number of thiocarbonyl (C=S) groups is 2. The molecule has 0 fully saturated rings. The molecule has 0 amide bonds. The third-order valence-corrected chi connectivity index (χ3v) is 2.69. The third-order valence-electron chi connectivity index (χ3n) is 1.32. The highest BCUT2D eigenvalue weighted by molar-refractivity contribution is 8.21. The van der Waals surface area contributed by atoms with Gasteiger partial charge in [-0.1, -0.05) is 24.4 Å². The molecule has 0 saturated carbocycles. The lowest BCUT2D eigenvalue weighted by Gasteiger charge is -2.08. The summed E-state index contributed by atoms with van der Waals surface area (Å²) < 4.78 is 4.33. The van der Waals surface area contributed by atoms with Gasteiger partial charge in [-0.25, -0.2) is 0 Å². The number of thiol groups is 1. The Balaban J connectivity index is 3.22. The van der Waals surface area contributed by atoms with Crippen LogP contribution in [-0.2, 0) is 0 Å². The highest BCUT2D eigenvalue weighted by Gasteiger charge is 1.95. The van der Waals surface area contributed by atoms with Crippen LogP contribution in [0, 0.1) is 0 Å². The largest absolute Gasteiger partial charge is 0.369 e. The molecule has 0 radical (unpaired) electrons. The minimum absolute atomic E-state index is 0.497. The molecule has 5 N–H and O–H groups in total. The first-order chi connectivity index (χ1) is 7.16. The van der Waals surface area contributed by atoms with Crippen molar-refractivity contribution in [1.82, 2.24) is 15.4 Å². The van der Waals surface area contributed by atoms with E-state index in [0.29, 0.717) is 17.4 Å². The summed E-state index contributed by atoms with van der Waals surface area (Å²) in [4.78, 5) is 0. The Morgan fingerprint density at radius 2 is 1.87 bits per heavy atom. The van der Waals surface area contributed by atoms with Crippen molar-refractivity contribution in [2.45, 2.75) is 6.42 Å². The fourth-order valence-corrected chi connectivity index (χ4v) is 1.71. The zero-order valence-electron chi connectivity index (χ0n) is 8.28. The first kappa shape index (κ1) is 15.4. The second-order valence-electron chi connectivity index (χ2n) is 2.58. The molecule has 88 valence electrons. The van der Waals surface area contributed by atoms with Crippen LogP contribution in [0.15, 0.2) is 0 Å². The van der Waals surface area contributed by atoms with Crippen LogP contribution in [-0.4, -0.2) is 34.8 Å². The van der Waals surface area contributed by atoms with E-state index < -0.39 is 0 Å². The summed E-state index contributed by atoms with van der Waals surface area (Å²) in [7, 11) is 0. The van der Waals surface area contributed by atoms with Crippen LogP contribution < -0.4 is 21.1 Å². The van der Waals surface area contributed by atoms with Crippen LogP contribution in [0.4, 0.5) is 0 Å². The van der Waals surface area contributed by atoms with Gasteiger partial charge in [0.2, 0.25) is 0 Å². The Hall–Kier alpha value is 0.400. The average molecular weight is 285 g/mol. The minimum atomic E-state index is 0.497. The van der Waals surface area contributed by atoms with Gasteiger partial charge in [0.1, 0.15) is 8.64 Å². The maximum atomic E-state index is 5.35. The van der Waals surface area contributed by atoms with Gasteiger partial charge in [0.05, 0.1) is 0 Å². The molecule has 0 aromatic heterocycles. The molecule has 0 aliphatic carbocycles. The first-order valence-corrected chi connectivity index (χ1v) is 6.59. The molecule has 0 aliphatic rings. The number of nitrogens with one attached hydrogen (secondary N) is 3. The topological polar surface area (TPSA) is 62.1 Å². The van der Waals surface area contributed by atoms with Gasteiger partial charge in [0, 0.05) is 19.6 Å². The van der Waals surface area contributed by atoms with Crippen molar-refractivity contribution in [3.05, 3.63) is 0 Å². The predicted molar refractivity (Wildman–Crippen MR) is 79.5 cm³/mol. The molecular weight excluding hydrogens is 268 g/mol. The average Bonchev–Trinajstić information content (AvgIpc) is 2.19.